The van der Waals surface area contributed by atoms with Crippen LogP contribution in [-0.2, 0) is 0 Å². The Kier molecular flexibility index (Phi) is 3.87. The molecule has 0 unspecified atom stereocenters. The highest BCUT2D eigenvalue weighted by Gasteiger charge is 2.13. The summed E-state index contributed by atoms with van der Waals surface area (Å²) in [6.07, 6.45) is 0. The molecule has 0 spiro atoms. The number of benzene rings is 5. The number of methoxy groups -OCH3 is 1. The lowest BCUT2D eigenvalue weighted by Gasteiger charge is -2.15. The highest BCUT2D eigenvalue weighted by atomic mass is 79.9. The highest BCUT2D eigenvalue weighted by Crippen LogP contribution is 2.42. The maximum Gasteiger partial charge on any atom is 0.119 e. The first-order valence-corrected chi connectivity index (χ1v) is 9.73. The Labute approximate surface area is 166 Å². The van der Waals surface area contributed by atoms with Gasteiger partial charge in [-0.1, -0.05) is 66.7 Å². The summed E-state index contributed by atoms with van der Waals surface area (Å²) in [7, 11) is 1.70. The maximum atomic E-state index is 5.36. The number of rotatable bonds is 2. The number of ether oxygens (including phenoxy) is 1. The summed E-state index contributed by atoms with van der Waals surface area (Å²) in [5.41, 5.74) is 2.51. The third kappa shape index (κ3) is 2.60. The lowest BCUT2D eigenvalue weighted by Crippen LogP contribution is -1.88. The van der Waals surface area contributed by atoms with Crippen LogP contribution < -0.4 is 4.74 Å². The fraction of sp³-hybridized carbons (Fsp3) is 0.0400. The van der Waals surface area contributed by atoms with Crippen molar-refractivity contribution in [2.75, 3.05) is 7.11 Å². The van der Waals surface area contributed by atoms with E-state index in [1.807, 2.05) is 6.07 Å². The zero-order valence-electron chi connectivity index (χ0n) is 14.9. The van der Waals surface area contributed by atoms with Gasteiger partial charge in [-0.05, 0) is 77.6 Å². The van der Waals surface area contributed by atoms with Gasteiger partial charge in [0.1, 0.15) is 5.75 Å². The van der Waals surface area contributed by atoms with Crippen LogP contribution in [0.3, 0.4) is 0 Å². The molecule has 0 saturated heterocycles. The van der Waals surface area contributed by atoms with Gasteiger partial charge in [0.25, 0.3) is 0 Å². The number of hydrogen-bond donors (Lipinski definition) is 0. The van der Waals surface area contributed by atoms with Crippen molar-refractivity contribution in [1.82, 2.24) is 0 Å². The summed E-state index contributed by atoms with van der Waals surface area (Å²) < 4.78 is 6.52. The molecule has 27 heavy (non-hydrogen) atoms. The van der Waals surface area contributed by atoms with Crippen molar-refractivity contribution in [1.29, 1.82) is 0 Å². The Morgan fingerprint density at radius 3 is 1.81 bits per heavy atom. The van der Waals surface area contributed by atoms with E-state index in [-0.39, 0.29) is 0 Å². The lowest BCUT2D eigenvalue weighted by atomic mass is 9.91. The second-order valence-electron chi connectivity index (χ2n) is 6.71. The van der Waals surface area contributed by atoms with Crippen LogP contribution in [0.2, 0.25) is 0 Å². The highest BCUT2D eigenvalue weighted by molar-refractivity contribution is 9.10. The number of fused-ring (bicyclic) bond motifs is 3. The molecule has 0 saturated carbocycles. The Morgan fingerprint density at radius 1 is 0.630 bits per heavy atom. The summed E-state index contributed by atoms with van der Waals surface area (Å²) in [6.45, 7) is 0. The van der Waals surface area contributed by atoms with Crippen molar-refractivity contribution in [2.45, 2.75) is 0 Å². The predicted octanol–water partition coefficient (Wildman–Crippen LogP) is 7.58. The maximum absolute atomic E-state index is 5.36. The molecular formula is C25H17BrO. The molecule has 0 radical (unpaired) electrons. The molecule has 130 valence electrons. The fourth-order valence-electron chi connectivity index (χ4n) is 3.89. The van der Waals surface area contributed by atoms with Crippen molar-refractivity contribution in [3.8, 4) is 16.9 Å². The largest absolute Gasteiger partial charge is 0.497 e. The summed E-state index contributed by atoms with van der Waals surface area (Å²) >= 11 is 3.83. The van der Waals surface area contributed by atoms with Crippen molar-refractivity contribution in [3.63, 3.8) is 0 Å². The van der Waals surface area contributed by atoms with E-state index in [1.165, 1.54) is 43.4 Å². The lowest BCUT2D eigenvalue weighted by molar-refractivity contribution is 0.415. The summed E-state index contributed by atoms with van der Waals surface area (Å²) in [5, 5.41) is 7.39. The molecule has 5 aromatic carbocycles. The van der Waals surface area contributed by atoms with Gasteiger partial charge in [0, 0.05) is 4.47 Å². The average molecular weight is 413 g/mol. The van der Waals surface area contributed by atoms with Crippen molar-refractivity contribution in [3.05, 3.63) is 89.4 Å². The number of hydrogen-bond acceptors (Lipinski definition) is 1. The minimum absolute atomic E-state index is 0.884. The van der Waals surface area contributed by atoms with Crippen molar-refractivity contribution >= 4 is 48.2 Å². The zero-order chi connectivity index (χ0) is 18.4. The molecule has 0 aliphatic rings. The van der Waals surface area contributed by atoms with Crippen LogP contribution in [0.15, 0.2) is 89.4 Å². The van der Waals surface area contributed by atoms with Gasteiger partial charge in [0.05, 0.1) is 7.11 Å². The molecular weight excluding hydrogens is 396 g/mol. The molecule has 0 heterocycles. The minimum Gasteiger partial charge on any atom is -0.497 e. The Balaban J connectivity index is 1.88. The van der Waals surface area contributed by atoms with Crippen molar-refractivity contribution in [2.24, 2.45) is 0 Å². The average Bonchev–Trinajstić information content (AvgIpc) is 2.73. The van der Waals surface area contributed by atoms with E-state index in [0.717, 1.165) is 10.2 Å². The van der Waals surface area contributed by atoms with Gasteiger partial charge in [-0.3, -0.25) is 0 Å². The molecule has 0 fully saturated rings. The minimum atomic E-state index is 0.884. The van der Waals surface area contributed by atoms with E-state index < -0.39 is 0 Å². The molecule has 0 atom stereocenters. The predicted molar refractivity (Wildman–Crippen MR) is 119 cm³/mol. The van der Waals surface area contributed by atoms with E-state index >= 15 is 0 Å². The molecule has 0 aliphatic carbocycles. The quantitative estimate of drug-likeness (QED) is 0.271. The third-order valence-electron chi connectivity index (χ3n) is 5.20. The van der Waals surface area contributed by atoms with Gasteiger partial charge in [-0.25, -0.2) is 0 Å². The molecule has 5 aromatic rings. The van der Waals surface area contributed by atoms with Gasteiger partial charge in [-0.15, -0.1) is 0 Å². The van der Waals surface area contributed by atoms with Gasteiger partial charge >= 0.3 is 0 Å². The van der Waals surface area contributed by atoms with Crippen LogP contribution in [-0.4, -0.2) is 7.11 Å². The first-order valence-electron chi connectivity index (χ1n) is 8.93. The van der Waals surface area contributed by atoms with E-state index in [1.54, 1.807) is 7.11 Å². The summed E-state index contributed by atoms with van der Waals surface area (Å²) in [5.74, 6) is 0.884. The fourth-order valence-corrected chi connectivity index (χ4v) is 4.58. The molecule has 2 heteroatoms. The second-order valence-corrected chi connectivity index (χ2v) is 7.50. The zero-order valence-corrected chi connectivity index (χ0v) is 16.5. The van der Waals surface area contributed by atoms with Crippen LogP contribution in [0.25, 0.3) is 43.4 Å². The molecule has 0 amide bonds. The Morgan fingerprint density at radius 2 is 1.19 bits per heavy atom. The normalized spacial score (nSPS) is 11.3. The van der Waals surface area contributed by atoms with Crippen LogP contribution in [0.1, 0.15) is 0 Å². The Bertz CT molecular complexity index is 1260. The van der Waals surface area contributed by atoms with Crippen LogP contribution in [0, 0.1) is 0 Å². The monoisotopic (exact) mass is 412 g/mol. The van der Waals surface area contributed by atoms with Gasteiger partial charge in [0.15, 0.2) is 0 Å². The van der Waals surface area contributed by atoms with Gasteiger partial charge in [0.2, 0.25) is 0 Å². The van der Waals surface area contributed by atoms with E-state index in [4.69, 9.17) is 4.74 Å². The topological polar surface area (TPSA) is 9.23 Å². The van der Waals surface area contributed by atoms with Crippen LogP contribution in [0.4, 0.5) is 0 Å². The molecule has 0 N–H and O–H groups in total. The standard InChI is InChI=1S/C25H17BrO/c1-27-19-13-12-16-14-18(11-10-17(16)15-19)24-20-6-2-4-8-22(20)25(26)23-9-5-3-7-21(23)24/h2-15H,1H3. The van der Waals surface area contributed by atoms with E-state index in [9.17, 15) is 0 Å². The Hall–Kier alpha value is -2.84. The second kappa shape index (κ2) is 6.40. The molecule has 0 aromatic heterocycles. The smallest absolute Gasteiger partial charge is 0.119 e. The molecule has 1 nitrogen and oxygen atoms in total. The number of halogens is 1. The SMILES string of the molecule is COc1ccc2cc(-c3c4ccccc4c(Br)c4ccccc34)ccc2c1. The third-order valence-corrected chi connectivity index (χ3v) is 6.06. The molecule has 0 bridgehead atoms. The van der Waals surface area contributed by atoms with Crippen LogP contribution >= 0.6 is 15.9 Å². The van der Waals surface area contributed by atoms with Crippen molar-refractivity contribution < 1.29 is 4.74 Å². The summed E-state index contributed by atoms with van der Waals surface area (Å²) in [6, 6.07) is 30.1. The molecule has 5 rings (SSSR count). The first-order chi connectivity index (χ1) is 13.3. The van der Waals surface area contributed by atoms with Gasteiger partial charge in [-0.2, -0.15) is 0 Å². The van der Waals surface area contributed by atoms with Crippen LogP contribution in [0.5, 0.6) is 5.75 Å². The summed E-state index contributed by atoms with van der Waals surface area (Å²) in [4.78, 5) is 0. The van der Waals surface area contributed by atoms with Gasteiger partial charge < -0.3 is 4.74 Å². The van der Waals surface area contributed by atoms with E-state index in [2.05, 4.69) is 94.8 Å². The first kappa shape index (κ1) is 16.3. The van der Waals surface area contributed by atoms with E-state index in [0.29, 0.717) is 0 Å². The molecule has 0 aliphatic heterocycles.